The SMILES string of the molecule is CC(C)NC(CCC(=O)N[C@H](C(=O)N[C@@H](C)C(=O)C(C)C)C(C)C)C(=O)O.N.[C-]#[O+]. The number of hydrogen-bond acceptors (Lipinski definition) is 6. The van der Waals surface area contributed by atoms with E-state index in [1.165, 1.54) is 0 Å². The van der Waals surface area contributed by atoms with Gasteiger partial charge in [0.15, 0.2) is 5.78 Å². The van der Waals surface area contributed by atoms with E-state index < -0.39 is 35.9 Å². The summed E-state index contributed by atoms with van der Waals surface area (Å²) in [7, 11) is 0. The summed E-state index contributed by atoms with van der Waals surface area (Å²) in [6.45, 7) is 16.9. The molecule has 0 rings (SSSR count). The van der Waals surface area contributed by atoms with Crippen molar-refractivity contribution >= 4 is 23.6 Å². The minimum atomic E-state index is -1.02. The molecule has 174 valence electrons. The second kappa shape index (κ2) is 16.5. The molecule has 0 fully saturated rings. The molecule has 0 heterocycles. The number of ketones is 1. The fourth-order valence-electron chi connectivity index (χ4n) is 2.61. The summed E-state index contributed by atoms with van der Waals surface area (Å²) >= 11 is 0. The Kier molecular flexibility index (Phi) is 17.9. The van der Waals surface area contributed by atoms with E-state index in [1.807, 2.05) is 13.8 Å². The summed E-state index contributed by atoms with van der Waals surface area (Å²) in [5.41, 5.74) is 0. The van der Waals surface area contributed by atoms with Gasteiger partial charge in [0.2, 0.25) is 11.8 Å². The molecule has 0 aliphatic heterocycles. The summed E-state index contributed by atoms with van der Waals surface area (Å²) in [5, 5.41) is 17.4. The molecule has 0 aliphatic rings. The minimum absolute atomic E-state index is 0. The molecule has 3 atom stereocenters. The van der Waals surface area contributed by atoms with Gasteiger partial charge in [0.25, 0.3) is 0 Å². The number of carbonyl (C=O) groups is 4. The van der Waals surface area contributed by atoms with Gasteiger partial charge in [0.1, 0.15) is 12.1 Å². The van der Waals surface area contributed by atoms with E-state index in [9.17, 15) is 24.3 Å². The van der Waals surface area contributed by atoms with Gasteiger partial charge in [-0.05, 0) is 19.3 Å². The number of Topliss-reactive ketones (excluding diaryl/α,β-unsaturated/α-hetero) is 1. The van der Waals surface area contributed by atoms with Crippen LogP contribution in [0.2, 0.25) is 0 Å². The van der Waals surface area contributed by atoms with Crippen LogP contribution < -0.4 is 22.1 Å². The van der Waals surface area contributed by atoms with Crippen molar-refractivity contribution < 1.29 is 28.9 Å². The summed E-state index contributed by atoms with van der Waals surface area (Å²) in [4.78, 5) is 47.9. The van der Waals surface area contributed by atoms with Gasteiger partial charge in [0.05, 0.1) is 6.04 Å². The zero-order valence-electron chi connectivity index (χ0n) is 19.1. The molecular weight excluding hydrogens is 392 g/mol. The van der Waals surface area contributed by atoms with Crippen molar-refractivity contribution in [1.82, 2.24) is 22.1 Å². The van der Waals surface area contributed by atoms with E-state index in [4.69, 9.17) is 4.65 Å². The van der Waals surface area contributed by atoms with Crippen molar-refractivity contribution in [1.29, 1.82) is 0 Å². The molecule has 10 heteroatoms. The maximum atomic E-state index is 12.5. The number of carbonyl (C=O) groups excluding carboxylic acids is 3. The van der Waals surface area contributed by atoms with E-state index in [2.05, 4.69) is 22.6 Å². The molecule has 0 aromatic carbocycles. The summed E-state index contributed by atoms with van der Waals surface area (Å²) in [6, 6.07) is -2.28. The third-order valence-electron chi connectivity index (χ3n) is 4.11. The molecule has 0 aliphatic carbocycles. The van der Waals surface area contributed by atoms with E-state index >= 15 is 0 Å². The van der Waals surface area contributed by atoms with Crippen LogP contribution in [0.15, 0.2) is 0 Å². The topological polar surface area (TPSA) is 180 Å². The maximum absolute atomic E-state index is 12.5. The monoisotopic (exact) mass is 430 g/mol. The third kappa shape index (κ3) is 13.1. The summed E-state index contributed by atoms with van der Waals surface area (Å²) in [6.07, 6.45) is 0.0989. The van der Waals surface area contributed by atoms with Crippen LogP contribution in [0.25, 0.3) is 0 Å². The average Bonchev–Trinajstić information content (AvgIpc) is 2.62. The van der Waals surface area contributed by atoms with Gasteiger partial charge in [-0.25, -0.2) is 0 Å². The number of carboxylic acids is 1. The Balaban J connectivity index is -0.00000235. The molecule has 0 bridgehead atoms. The third-order valence-corrected chi connectivity index (χ3v) is 4.11. The first-order valence-electron chi connectivity index (χ1n) is 9.69. The number of rotatable bonds is 12. The Morgan fingerprint density at radius 3 is 1.80 bits per heavy atom. The summed E-state index contributed by atoms with van der Waals surface area (Å²) in [5.74, 6) is -2.30. The van der Waals surface area contributed by atoms with Crippen molar-refractivity contribution in [3.05, 3.63) is 6.65 Å². The van der Waals surface area contributed by atoms with Crippen molar-refractivity contribution in [3.8, 4) is 0 Å². The Morgan fingerprint density at radius 1 is 0.933 bits per heavy atom. The fourth-order valence-corrected chi connectivity index (χ4v) is 2.61. The van der Waals surface area contributed by atoms with Crippen LogP contribution in [0.3, 0.4) is 0 Å². The van der Waals surface area contributed by atoms with Crippen LogP contribution in [0.1, 0.15) is 61.3 Å². The molecule has 7 N–H and O–H groups in total. The van der Waals surface area contributed by atoms with Crippen LogP contribution in [-0.4, -0.2) is 52.8 Å². The Morgan fingerprint density at radius 2 is 1.43 bits per heavy atom. The van der Waals surface area contributed by atoms with Crippen LogP contribution in [0, 0.1) is 18.5 Å². The first-order chi connectivity index (χ1) is 13.4. The van der Waals surface area contributed by atoms with E-state index in [0.717, 1.165) is 0 Å². The zero-order valence-corrected chi connectivity index (χ0v) is 19.1. The molecule has 2 amide bonds. The van der Waals surface area contributed by atoms with Crippen molar-refractivity contribution in [2.24, 2.45) is 11.8 Å². The van der Waals surface area contributed by atoms with Gasteiger partial charge < -0.3 is 27.2 Å². The standard InChI is InChI=1S/C19H35N3O5.CO.H3N/c1-10(2)16(18(25)21-13(7)17(24)11(3)4)22-15(23)9-8-14(19(26)27)20-12(5)6;1-2;/h10-14,16,20H,8-9H2,1-7H3,(H,21,25)(H,22,23)(H,26,27);;1H3/t13-,14?,16-;;/m0../s1. The van der Waals surface area contributed by atoms with E-state index in [0.29, 0.717) is 0 Å². The van der Waals surface area contributed by atoms with Gasteiger partial charge in [0, 0.05) is 18.4 Å². The molecule has 0 saturated heterocycles. The Bertz CT molecular complexity index is 575. The van der Waals surface area contributed by atoms with Crippen LogP contribution in [0.5, 0.6) is 0 Å². The normalized spacial score (nSPS) is 13.3. The molecule has 0 saturated carbocycles. The number of carboxylic acid groups (broad SMARTS) is 1. The Hall–Kier alpha value is -2.26. The number of amides is 2. The Labute approximate surface area is 179 Å². The van der Waals surface area contributed by atoms with Gasteiger partial charge in [-0.3, -0.25) is 19.2 Å². The molecule has 0 aromatic rings. The number of hydrogen-bond donors (Lipinski definition) is 5. The predicted molar refractivity (Wildman–Crippen MR) is 112 cm³/mol. The molecule has 0 spiro atoms. The number of nitrogens with one attached hydrogen (secondary N) is 3. The van der Waals surface area contributed by atoms with Crippen LogP contribution >= 0.6 is 0 Å². The van der Waals surface area contributed by atoms with Crippen LogP contribution in [0.4, 0.5) is 0 Å². The molecule has 30 heavy (non-hydrogen) atoms. The van der Waals surface area contributed by atoms with Gasteiger partial charge >= 0.3 is 17.3 Å². The van der Waals surface area contributed by atoms with E-state index in [-0.39, 0.29) is 42.7 Å². The first-order valence-corrected chi connectivity index (χ1v) is 9.69. The van der Waals surface area contributed by atoms with Gasteiger partial charge in [-0.1, -0.05) is 41.5 Å². The summed E-state index contributed by atoms with van der Waals surface area (Å²) < 4.78 is 7.50. The van der Waals surface area contributed by atoms with E-state index in [1.54, 1.807) is 34.6 Å². The van der Waals surface area contributed by atoms with Crippen molar-refractivity contribution in [2.45, 2.75) is 85.5 Å². The molecule has 0 radical (unpaired) electrons. The van der Waals surface area contributed by atoms with Crippen molar-refractivity contribution in [2.75, 3.05) is 0 Å². The van der Waals surface area contributed by atoms with Crippen molar-refractivity contribution in [3.63, 3.8) is 0 Å². The quantitative estimate of drug-likeness (QED) is 0.228. The first kappa shape index (κ1) is 32.4. The molecule has 10 nitrogen and oxygen atoms in total. The second-order valence-corrected chi connectivity index (χ2v) is 7.83. The molecule has 1 unspecified atom stereocenters. The van der Waals surface area contributed by atoms with Gasteiger partial charge in [-0.15, -0.1) is 0 Å². The fraction of sp³-hybridized carbons (Fsp3) is 0.750. The van der Waals surface area contributed by atoms with Gasteiger partial charge in [-0.2, -0.15) is 0 Å². The molecule has 0 aromatic heterocycles. The predicted octanol–water partition coefficient (Wildman–Crippen LogP) is 1.21. The zero-order chi connectivity index (χ0) is 23.3. The molecular formula is C20H38N4O6. The average molecular weight is 431 g/mol. The number of aliphatic carboxylic acids is 1. The second-order valence-electron chi connectivity index (χ2n) is 7.83. The van der Waals surface area contributed by atoms with Crippen LogP contribution in [-0.2, 0) is 23.8 Å².